The molecule has 0 bridgehead atoms. The van der Waals surface area contributed by atoms with Crippen molar-refractivity contribution >= 4 is 15.9 Å². The minimum Gasteiger partial charge on any atom is -0.327 e. The van der Waals surface area contributed by atoms with Crippen LogP contribution < -0.4 is 5.73 Å². The largest absolute Gasteiger partial charge is 0.327 e. The van der Waals surface area contributed by atoms with E-state index in [0.717, 1.165) is 17.3 Å². The van der Waals surface area contributed by atoms with Crippen LogP contribution in [0.25, 0.3) is 0 Å². The fraction of sp³-hybridized carbons (Fsp3) is 0.333. The van der Waals surface area contributed by atoms with Crippen molar-refractivity contribution in [2.45, 2.75) is 38.6 Å². The summed E-state index contributed by atoms with van der Waals surface area (Å²) in [5.74, 6) is 0.583. The molecule has 0 heterocycles. The molecule has 0 fully saturated rings. The monoisotopic (exact) mass is 331 g/mol. The molecule has 2 aromatic carbocycles. The van der Waals surface area contributed by atoms with Gasteiger partial charge in [0.1, 0.15) is 0 Å². The van der Waals surface area contributed by atoms with E-state index >= 15 is 0 Å². The van der Waals surface area contributed by atoms with Crippen LogP contribution in [0.2, 0.25) is 0 Å². The lowest BCUT2D eigenvalue weighted by molar-refractivity contribution is 0.664. The predicted octanol–water partition coefficient (Wildman–Crippen LogP) is 4.69. The van der Waals surface area contributed by atoms with E-state index in [1.165, 1.54) is 16.7 Å². The zero-order valence-electron chi connectivity index (χ0n) is 12.1. The van der Waals surface area contributed by atoms with Gasteiger partial charge in [0.05, 0.1) is 0 Å². The molecule has 2 aromatic rings. The summed E-state index contributed by atoms with van der Waals surface area (Å²) in [5, 5.41) is 0. The molecule has 0 radical (unpaired) electrons. The normalized spacial score (nSPS) is 12.7. The summed E-state index contributed by atoms with van der Waals surface area (Å²) < 4.78 is 1.11. The van der Waals surface area contributed by atoms with E-state index in [2.05, 4.69) is 72.2 Å². The highest BCUT2D eigenvalue weighted by Crippen LogP contribution is 2.17. The lowest BCUT2D eigenvalue weighted by Crippen LogP contribution is -2.25. The maximum atomic E-state index is 6.27. The summed E-state index contributed by atoms with van der Waals surface area (Å²) in [5.41, 5.74) is 10.3. The zero-order chi connectivity index (χ0) is 14.5. The van der Waals surface area contributed by atoms with Gasteiger partial charge in [-0.3, -0.25) is 0 Å². The van der Waals surface area contributed by atoms with Gasteiger partial charge in [0.2, 0.25) is 0 Å². The SMILES string of the molecule is CC(C)c1ccc(CC(N)Cc2cccc(Br)c2)cc1. The van der Waals surface area contributed by atoms with Gasteiger partial charge in [0.25, 0.3) is 0 Å². The van der Waals surface area contributed by atoms with Crippen LogP contribution in [-0.4, -0.2) is 6.04 Å². The van der Waals surface area contributed by atoms with Crippen LogP contribution in [0.1, 0.15) is 36.5 Å². The van der Waals surface area contributed by atoms with E-state index in [0.29, 0.717) is 5.92 Å². The highest BCUT2D eigenvalue weighted by molar-refractivity contribution is 9.10. The third-order valence-corrected chi connectivity index (χ3v) is 4.02. The van der Waals surface area contributed by atoms with Crippen molar-refractivity contribution in [2.24, 2.45) is 5.73 Å². The number of halogens is 1. The average Bonchev–Trinajstić information content (AvgIpc) is 2.39. The van der Waals surface area contributed by atoms with E-state index < -0.39 is 0 Å². The average molecular weight is 332 g/mol. The fourth-order valence-electron chi connectivity index (χ4n) is 2.38. The van der Waals surface area contributed by atoms with Crippen molar-refractivity contribution in [1.82, 2.24) is 0 Å². The van der Waals surface area contributed by atoms with E-state index in [1.807, 2.05) is 6.07 Å². The second kappa shape index (κ2) is 7.05. The molecule has 0 saturated carbocycles. The molecule has 0 aliphatic rings. The molecule has 2 heteroatoms. The maximum absolute atomic E-state index is 6.27. The van der Waals surface area contributed by atoms with Crippen molar-refractivity contribution in [2.75, 3.05) is 0 Å². The molecule has 2 rings (SSSR count). The molecular weight excluding hydrogens is 310 g/mol. The maximum Gasteiger partial charge on any atom is 0.0178 e. The Hall–Kier alpha value is -1.12. The van der Waals surface area contributed by atoms with Gasteiger partial charge >= 0.3 is 0 Å². The second-order valence-corrected chi connectivity index (χ2v) is 6.61. The minimum atomic E-state index is 0.161. The fourth-order valence-corrected chi connectivity index (χ4v) is 2.83. The lowest BCUT2D eigenvalue weighted by Gasteiger charge is -2.13. The standard InChI is InChI=1S/C18H22BrN/c1-13(2)16-8-6-14(7-9-16)11-18(20)12-15-4-3-5-17(19)10-15/h3-10,13,18H,11-12,20H2,1-2H3. The first-order chi connectivity index (χ1) is 9.54. The first kappa shape index (κ1) is 15.3. The van der Waals surface area contributed by atoms with Gasteiger partial charge in [-0.15, -0.1) is 0 Å². The summed E-state index contributed by atoms with van der Waals surface area (Å²) in [6.07, 6.45) is 1.83. The topological polar surface area (TPSA) is 26.0 Å². The van der Waals surface area contributed by atoms with Crippen LogP contribution in [0.3, 0.4) is 0 Å². The number of hydrogen-bond acceptors (Lipinski definition) is 1. The zero-order valence-corrected chi connectivity index (χ0v) is 13.7. The van der Waals surface area contributed by atoms with E-state index in [9.17, 15) is 0 Å². The second-order valence-electron chi connectivity index (χ2n) is 5.69. The summed E-state index contributed by atoms with van der Waals surface area (Å²) in [4.78, 5) is 0. The molecule has 1 nitrogen and oxygen atoms in total. The Morgan fingerprint density at radius 1 is 0.950 bits per heavy atom. The predicted molar refractivity (Wildman–Crippen MR) is 90.1 cm³/mol. The molecule has 106 valence electrons. The van der Waals surface area contributed by atoms with Gasteiger partial charge in [-0.05, 0) is 47.6 Å². The first-order valence-corrected chi connectivity index (χ1v) is 7.93. The third kappa shape index (κ3) is 4.46. The molecular formula is C18H22BrN. The van der Waals surface area contributed by atoms with Gasteiger partial charge in [-0.25, -0.2) is 0 Å². The molecule has 0 aliphatic carbocycles. The minimum absolute atomic E-state index is 0.161. The van der Waals surface area contributed by atoms with Gasteiger partial charge in [-0.1, -0.05) is 66.2 Å². The highest BCUT2D eigenvalue weighted by Gasteiger charge is 2.07. The van der Waals surface area contributed by atoms with Crippen molar-refractivity contribution in [3.8, 4) is 0 Å². The van der Waals surface area contributed by atoms with Crippen LogP contribution >= 0.6 is 15.9 Å². The van der Waals surface area contributed by atoms with Gasteiger partial charge in [0.15, 0.2) is 0 Å². The molecule has 0 amide bonds. The van der Waals surface area contributed by atoms with Crippen LogP contribution in [-0.2, 0) is 12.8 Å². The number of rotatable bonds is 5. The van der Waals surface area contributed by atoms with Gasteiger partial charge in [-0.2, -0.15) is 0 Å². The Morgan fingerprint density at radius 2 is 1.60 bits per heavy atom. The van der Waals surface area contributed by atoms with E-state index in [4.69, 9.17) is 5.73 Å². The van der Waals surface area contributed by atoms with Crippen molar-refractivity contribution in [3.05, 3.63) is 69.7 Å². The van der Waals surface area contributed by atoms with Crippen molar-refractivity contribution in [3.63, 3.8) is 0 Å². The molecule has 0 spiro atoms. The molecule has 0 aromatic heterocycles. The molecule has 0 aliphatic heterocycles. The molecule has 1 unspecified atom stereocenters. The Kier molecular flexibility index (Phi) is 5.38. The Labute approximate surface area is 130 Å². The molecule has 1 atom stereocenters. The summed E-state index contributed by atoms with van der Waals surface area (Å²) in [6.45, 7) is 4.43. The Balaban J connectivity index is 1.95. The lowest BCUT2D eigenvalue weighted by atomic mass is 9.97. The number of benzene rings is 2. The molecule has 20 heavy (non-hydrogen) atoms. The Morgan fingerprint density at radius 3 is 2.20 bits per heavy atom. The number of nitrogens with two attached hydrogens (primary N) is 1. The highest BCUT2D eigenvalue weighted by atomic mass is 79.9. The van der Waals surface area contributed by atoms with Crippen LogP contribution in [0.4, 0.5) is 0 Å². The summed E-state index contributed by atoms with van der Waals surface area (Å²) in [7, 11) is 0. The summed E-state index contributed by atoms with van der Waals surface area (Å²) >= 11 is 3.50. The number of hydrogen-bond donors (Lipinski definition) is 1. The quantitative estimate of drug-likeness (QED) is 0.845. The summed E-state index contributed by atoms with van der Waals surface area (Å²) in [6, 6.07) is 17.4. The van der Waals surface area contributed by atoms with Crippen LogP contribution in [0, 0.1) is 0 Å². The smallest absolute Gasteiger partial charge is 0.0178 e. The van der Waals surface area contributed by atoms with E-state index in [1.54, 1.807) is 0 Å². The van der Waals surface area contributed by atoms with Crippen LogP contribution in [0.15, 0.2) is 53.0 Å². The van der Waals surface area contributed by atoms with Gasteiger partial charge in [0, 0.05) is 10.5 Å². The molecule has 2 N–H and O–H groups in total. The van der Waals surface area contributed by atoms with E-state index in [-0.39, 0.29) is 6.04 Å². The van der Waals surface area contributed by atoms with Gasteiger partial charge < -0.3 is 5.73 Å². The van der Waals surface area contributed by atoms with Crippen molar-refractivity contribution < 1.29 is 0 Å². The molecule has 0 saturated heterocycles. The Bertz CT molecular complexity index is 546. The van der Waals surface area contributed by atoms with Crippen LogP contribution in [0.5, 0.6) is 0 Å². The van der Waals surface area contributed by atoms with Crippen molar-refractivity contribution in [1.29, 1.82) is 0 Å². The first-order valence-electron chi connectivity index (χ1n) is 7.13. The third-order valence-electron chi connectivity index (χ3n) is 3.53.